The van der Waals surface area contributed by atoms with Crippen molar-refractivity contribution in [2.24, 2.45) is 22.2 Å². The fourth-order valence-corrected chi connectivity index (χ4v) is 0.849. The smallest absolute Gasteiger partial charge is 0.248 e. The Morgan fingerprint density at radius 2 is 1.62 bits per heavy atom. The molecule has 0 heterocycles. The topological polar surface area (TPSA) is 107 Å². The number of carbonyl (C=O) groups excluding carboxylic acids is 1. The number of carbonyl (C=O) groups is 1. The number of hydrogen-bond acceptors (Lipinski definition) is 2. The summed E-state index contributed by atoms with van der Waals surface area (Å²) in [5.41, 5.74) is 16.4. The molecule has 0 atom stereocenters. The number of rotatable bonds is 2. The molecule has 0 spiro atoms. The molecule has 0 unspecified atom stereocenters. The lowest BCUT2D eigenvalue weighted by Gasteiger charge is -1.96. The SMILES string of the molecule is NC(=O)c1ccc(N=C(N)N)cc1. The molecule has 0 fully saturated rings. The largest absolute Gasteiger partial charge is 0.370 e. The summed E-state index contributed by atoms with van der Waals surface area (Å²) in [5, 5.41) is 0. The van der Waals surface area contributed by atoms with Crippen LogP contribution in [0.3, 0.4) is 0 Å². The van der Waals surface area contributed by atoms with Gasteiger partial charge in [0.1, 0.15) is 0 Å². The molecule has 0 aromatic heterocycles. The summed E-state index contributed by atoms with van der Waals surface area (Å²) in [5.74, 6) is -0.497. The molecule has 0 aliphatic heterocycles. The number of amides is 1. The molecular formula is C8H10N4O. The zero-order valence-electron chi connectivity index (χ0n) is 6.90. The zero-order chi connectivity index (χ0) is 9.84. The second kappa shape index (κ2) is 3.57. The fraction of sp³-hybridized carbons (Fsp3) is 0. The minimum absolute atomic E-state index is 0.0215. The first-order valence-electron chi connectivity index (χ1n) is 3.59. The highest BCUT2D eigenvalue weighted by atomic mass is 16.1. The first kappa shape index (κ1) is 9.05. The Morgan fingerprint density at radius 1 is 1.08 bits per heavy atom. The van der Waals surface area contributed by atoms with Crippen molar-refractivity contribution in [1.82, 2.24) is 0 Å². The van der Waals surface area contributed by atoms with Gasteiger partial charge in [-0.25, -0.2) is 4.99 Å². The Bertz CT molecular complexity index is 338. The van der Waals surface area contributed by atoms with Gasteiger partial charge in [0.15, 0.2) is 5.96 Å². The van der Waals surface area contributed by atoms with Crippen LogP contribution in [0.1, 0.15) is 10.4 Å². The van der Waals surface area contributed by atoms with E-state index < -0.39 is 5.91 Å². The van der Waals surface area contributed by atoms with Gasteiger partial charge >= 0.3 is 0 Å². The van der Waals surface area contributed by atoms with E-state index in [-0.39, 0.29) is 5.96 Å². The normalized spacial score (nSPS) is 9.23. The average Bonchev–Trinajstić information content (AvgIpc) is 2.04. The maximum atomic E-state index is 10.7. The van der Waals surface area contributed by atoms with Crippen LogP contribution in [0.15, 0.2) is 29.3 Å². The third kappa shape index (κ3) is 2.48. The van der Waals surface area contributed by atoms with Crippen LogP contribution in [0.2, 0.25) is 0 Å². The second-order valence-electron chi connectivity index (χ2n) is 2.45. The van der Waals surface area contributed by atoms with Gasteiger partial charge in [-0.2, -0.15) is 0 Å². The molecule has 0 saturated carbocycles. The Hall–Kier alpha value is -2.04. The van der Waals surface area contributed by atoms with Crippen molar-refractivity contribution in [2.75, 3.05) is 0 Å². The lowest BCUT2D eigenvalue weighted by atomic mass is 10.2. The van der Waals surface area contributed by atoms with Gasteiger partial charge < -0.3 is 17.2 Å². The van der Waals surface area contributed by atoms with E-state index in [1.54, 1.807) is 24.3 Å². The van der Waals surface area contributed by atoms with Gasteiger partial charge in [0.2, 0.25) is 5.91 Å². The van der Waals surface area contributed by atoms with Crippen LogP contribution < -0.4 is 17.2 Å². The van der Waals surface area contributed by atoms with E-state index in [0.29, 0.717) is 11.3 Å². The van der Waals surface area contributed by atoms with Crippen LogP contribution in [0.25, 0.3) is 0 Å². The number of primary amides is 1. The van der Waals surface area contributed by atoms with Crippen molar-refractivity contribution < 1.29 is 4.79 Å². The Balaban J connectivity index is 2.94. The molecular weight excluding hydrogens is 168 g/mol. The highest BCUT2D eigenvalue weighted by molar-refractivity contribution is 5.93. The molecule has 13 heavy (non-hydrogen) atoms. The van der Waals surface area contributed by atoms with Crippen LogP contribution in [0, 0.1) is 0 Å². The number of benzene rings is 1. The molecule has 0 saturated heterocycles. The number of nitrogens with two attached hydrogens (primary N) is 3. The Morgan fingerprint density at radius 3 is 2.00 bits per heavy atom. The molecule has 0 bridgehead atoms. The fourth-order valence-electron chi connectivity index (χ4n) is 0.849. The second-order valence-corrected chi connectivity index (χ2v) is 2.45. The molecule has 0 aliphatic carbocycles. The van der Waals surface area contributed by atoms with Crippen molar-refractivity contribution in [2.45, 2.75) is 0 Å². The summed E-state index contributed by atoms with van der Waals surface area (Å²) in [7, 11) is 0. The van der Waals surface area contributed by atoms with Crippen molar-refractivity contribution in [3.05, 3.63) is 29.8 Å². The minimum Gasteiger partial charge on any atom is -0.370 e. The average molecular weight is 178 g/mol. The van der Waals surface area contributed by atoms with Gasteiger partial charge in [-0.1, -0.05) is 0 Å². The minimum atomic E-state index is -0.476. The van der Waals surface area contributed by atoms with Crippen LogP contribution in [-0.4, -0.2) is 11.9 Å². The maximum absolute atomic E-state index is 10.7. The zero-order valence-corrected chi connectivity index (χ0v) is 6.90. The maximum Gasteiger partial charge on any atom is 0.248 e. The van der Waals surface area contributed by atoms with E-state index in [2.05, 4.69) is 4.99 Å². The highest BCUT2D eigenvalue weighted by Crippen LogP contribution is 2.11. The number of guanidine groups is 1. The van der Waals surface area contributed by atoms with Gasteiger partial charge in [0.05, 0.1) is 5.69 Å². The first-order chi connectivity index (χ1) is 6.09. The lowest BCUT2D eigenvalue weighted by Crippen LogP contribution is -2.21. The van der Waals surface area contributed by atoms with Gasteiger partial charge in [-0.15, -0.1) is 0 Å². The molecule has 1 amide bonds. The molecule has 5 heteroatoms. The van der Waals surface area contributed by atoms with E-state index in [1.165, 1.54) is 0 Å². The Labute approximate surface area is 75.2 Å². The third-order valence-corrected chi connectivity index (χ3v) is 1.41. The summed E-state index contributed by atoms with van der Waals surface area (Å²) >= 11 is 0. The summed E-state index contributed by atoms with van der Waals surface area (Å²) in [6, 6.07) is 6.34. The summed E-state index contributed by atoms with van der Waals surface area (Å²) in [4.78, 5) is 14.5. The van der Waals surface area contributed by atoms with Gasteiger partial charge in [0.25, 0.3) is 0 Å². The molecule has 1 aromatic carbocycles. The predicted molar refractivity (Wildman–Crippen MR) is 50.4 cm³/mol. The van der Waals surface area contributed by atoms with Crippen LogP contribution >= 0.6 is 0 Å². The number of hydrogen-bond donors (Lipinski definition) is 3. The van der Waals surface area contributed by atoms with Crippen molar-refractivity contribution in [3.63, 3.8) is 0 Å². The van der Waals surface area contributed by atoms with Crippen LogP contribution in [-0.2, 0) is 0 Å². The van der Waals surface area contributed by atoms with Gasteiger partial charge in [0, 0.05) is 5.56 Å². The molecule has 1 rings (SSSR count). The molecule has 0 aliphatic rings. The van der Waals surface area contributed by atoms with E-state index in [0.717, 1.165) is 0 Å². The quantitative estimate of drug-likeness (QED) is 0.427. The number of nitrogens with zero attached hydrogens (tertiary/aromatic N) is 1. The van der Waals surface area contributed by atoms with Gasteiger partial charge in [-0.05, 0) is 24.3 Å². The molecule has 6 N–H and O–H groups in total. The van der Waals surface area contributed by atoms with E-state index in [1.807, 2.05) is 0 Å². The molecule has 5 nitrogen and oxygen atoms in total. The Kier molecular flexibility index (Phi) is 2.49. The third-order valence-electron chi connectivity index (χ3n) is 1.41. The van der Waals surface area contributed by atoms with Crippen LogP contribution in [0.5, 0.6) is 0 Å². The van der Waals surface area contributed by atoms with Crippen molar-refractivity contribution in [3.8, 4) is 0 Å². The molecule has 1 aromatic rings. The summed E-state index contributed by atoms with van der Waals surface area (Å²) < 4.78 is 0. The van der Waals surface area contributed by atoms with Crippen molar-refractivity contribution in [1.29, 1.82) is 0 Å². The predicted octanol–water partition coefficient (Wildman–Crippen LogP) is -0.310. The molecule has 68 valence electrons. The lowest BCUT2D eigenvalue weighted by molar-refractivity contribution is 0.100. The van der Waals surface area contributed by atoms with Crippen LogP contribution in [0.4, 0.5) is 5.69 Å². The number of aliphatic imine (C=N–C) groups is 1. The van der Waals surface area contributed by atoms with Crippen molar-refractivity contribution >= 4 is 17.6 Å². The monoisotopic (exact) mass is 178 g/mol. The van der Waals surface area contributed by atoms with E-state index in [4.69, 9.17) is 17.2 Å². The summed E-state index contributed by atoms with van der Waals surface area (Å²) in [6.45, 7) is 0. The van der Waals surface area contributed by atoms with Gasteiger partial charge in [-0.3, -0.25) is 4.79 Å². The summed E-state index contributed by atoms with van der Waals surface area (Å²) in [6.07, 6.45) is 0. The highest BCUT2D eigenvalue weighted by Gasteiger charge is 1.98. The van der Waals surface area contributed by atoms with E-state index >= 15 is 0 Å². The first-order valence-corrected chi connectivity index (χ1v) is 3.59. The standard InChI is InChI=1S/C8H10N4O/c9-7(13)5-1-3-6(4-2-5)12-8(10)11/h1-4H,(H2,9,13)(H4,10,11,12). The molecule has 0 radical (unpaired) electrons. The van der Waals surface area contributed by atoms with E-state index in [9.17, 15) is 4.79 Å².